The first kappa shape index (κ1) is 18.6. The zero-order chi connectivity index (χ0) is 18.7. The maximum Gasteiger partial charge on any atom is 0.183 e. The zero-order valence-electron chi connectivity index (χ0n) is 16.1. The van der Waals surface area contributed by atoms with Gasteiger partial charge in [-0.15, -0.1) is 0 Å². The average Bonchev–Trinajstić information content (AvgIpc) is 2.66. The van der Waals surface area contributed by atoms with E-state index in [1.165, 1.54) is 11.1 Å². The fraction of sp³-hybridized carbons (Fsp3) is 0.478. The minimum Gasteiger partial charge on any atom is -0.380 e. The molecule has 0 unspecified atom stereocenters. The van der Waals surface area contributed by atoms with E-state index in [1.54, 1.807) is 0 Å². The minimum absolute atomic E-state index is 0.0923. The molecule has 4 nitrogen and oxygen atoms in total. The van der Waals surface area contributed by atoms with E-state index in [0.717, 1.165) is 32.0 Å². The third-order valence-electron chi connectivity index (χ3n) is 5.26. The van der Waals surface area contributed by atoms with Gasteiger partial charge in [-0.05, 0) is 11.1 Å². The van der Waals surface area contributed by atoms with Gasteiger partial charge in [-0.1, -0.05) is 68.4 Å². The molecule has 0 saturated carbocycles. The summed E-state index contributed by atoms with van der Waals surface area (Å²) in [5, 5.41) is 0. The summed E-state index contributed by atoms with van der Waals surface area (Å²) in [4.78, 5) is 0. The summed E-state index contributed by atoms with van der Waals surface area (Å²) in [6, 6.07) is 18.9. The number of hydrogen-bond acceptors (Lipinski definition) is 4. The van der Waals surface area contributed by atoms with Crippen LogP contribution < -0.4 is 0 Å². The van der Waals surface area contributed by atoms with Gasteiger partial charge in [0.15, 0.2) is 6.29 Å². The van der Waals surface area contributed by atoms with Gasteiger partial charge in [0.25, 0.3) is 0 Å². The van der Waals surface area contributed by atoms with Crippen LogP contribution in [-0.4, -0.2) is 39.6 Å². The molecule has 0 atom stereocenters. The Labute approximate surface area is 161 Å². The van der Waals surface area contributed by atoms with Gasteiger partial charge >= 0.3 is 0 Å². The van der Waals surface area contributed by atoms with Crippen molar-refractivity contribution < 1.29 is 18.9 Å². The predicted molar refractivity (Wildman–Crippen MR) is 104 cm³/mol. The maximum absolute atomic E-state index is 6.20. The second-order valence-electron chi connectivity index (χ2n) is 8.55. The van der Waals surface area contributed by atoms with Crippen LogP contribution in [0.2, 0.25) is 0 Å². The Kier molecular flexibility index (Phi) is 5.33. The van der Waals surface area contributed by atoms with E-state index in [1.807, 2.05) is 6.07 Å². The Bertz CT molecular complexity index is 709. The molecule has 144 valence electrons. The van der Waals surface area contributed by atoms with Gasteiger partial charge in [-0.2, -0.15) is 0 Å². The molecule has 2 aromatic carbocycles. The average molecular weight is 368 g/mol. The van der Waals surface area contributed by atoms with Crippen LogP contribution in [0.1, 0.15) is 25.7 Å². The lowest BCUT2D eigenvalue weighted by atomic mass is 9.90. The summed E-state index contributed by atoms with van der Waals surface area (Å²) in [7, 11) is 0. The summed E-state index contributed by atoms with van der Waals surface area (Å²) < 4.78 is 23.1. The van der Waals surface area contributed by atoms with Crippen LogP contribution in [0, 0.1) is 10.8 Å². The molecule has 4 rings (SSSR count). The monoisotopic (exact) mass is 368 g/mol. The first-order valence-corrected chi connectivity index (χ1v) is 9.60. The van der Waals surface area contributed by atoms with E-state index >= 15 is 0 Å². The lowest BCUT2D eigenvalue weighted by molar-refractivity contribution is -0.231. The number of ether oxygens (including phenoxy) is 4. The Morgan fingerprint density at radius 2 is 1.22 bits per heavy atom. The van der Waals surface area contributed by atoms with Gasteiger partial charge in [0.1, 0.15) is 0 Å². The summed E-state index contributed by atoms with van der Waals surface area (Å²) in [6.45, 7) is 8.63. The number of hydrogen-bond donors (Lipinski definition) is 0. The molecular formula is C23H28O4. The van der Waals surface area contributed by atoms with Gasteiger partial charge in [-0.25, -0.2) is 0 Å². The van der Waals surface area contributed by atoms with E-state index in [9.17, 15) is 0 Å². The van der Waals surface area contributed by atoms with E-state index < -0.39 is 0 Å². The molecule has 0 bridgehead atoms. The van der Waals surface area contributed by atoms with E-state index in [2.05, 4.69) is 62.4 Å². The van der Waals surface area contributed by atoms with Crippen LogP contribution in [0.4, 0.5) is 0 Å². The Hall–Kier alpha value is -1.72. The van der Waals surface area contributed by atoms with Gasteiger partial charge in [0.05, 0.1) is 39.6 Å². The van der Waals surface area contributed by atoms with Crippen LogP contribution in [-0.2, 0) is 18.9 Å². The second kappa shape index (κ2) is 7.72. The number of benzene rings is 2. The lowest BCUT2D eigenvalue weighted by Gasteiger charge is -2.40. The van der Waals surface area contributed by atoms with Crippen molar-refractivity contribution in [2.24, 2.45) is 10.8 Å². The van der Waals surface area contributed by atoms with Gasteiger partial charge in [0.2, 0.25) is 0 Å². The van der Waals surface area contributed by atoms with Crippen molar-refractivity contribution in [2.45, 2.75) is 20.1 Å². The Morgan fingerprint density at radius 1 is 0.741 bits per heavy atom. The molecule has 0 radical (unpaired) electrons. The second-order valence-corrected chi connectivity index (χ2v) is 8.55. The van der Waals surface area contributed by atoms with Gasteiger partial charge in [-0.3, -0.25) is 0 Å². The van der Waals surface area contributed by atoms with E-state index in [0.29, 0.717) is 13.2 Å². The molecule has 2 aliphatic rings. The highest BCUT2D eigenvalue weighted by atomic mass is 16.7. The SMILES string of the molecule is CC1(COC(OCC2(C)COC2)c2ccc(-c3ccccc3)cc2)COC1. The molecule has 0 amide bonds. The molecule has 2 aromatic rings. The molecule has 2 saturated heterocycles. The van der Waals surface area contributed by atoms with Crippen LogP contribution >= 0.6 is 0 Å². The van der Waals surface area contributed by atoms with Crippen LogP contribution in [0.5, 0.6) is 0 Å². The fourth-order valence-corrected chi connectivity index (χ4v) is 3.33. The van der Waals surface area contributed by atoms with Crippen molar-refractivity contribution >= 4 is 0 Å². The topological polar surface area (TPSA) is 36.9 Å². The molecule has 2 fully saturated rings. The summed E-state index contributed by atoms with van der Waals surface area (Å²) >= 11 is 0. The molecule has 4 heteroatoms. The van der Waals surface area contributed by atoms with Crippen molar-refractivity contribution in [3.8, 4) is 11.1 Å². The summed E-state index contributed by atoms with van der Waals surface area (Å²) in [6.07, 6.45) is -0.371. The van der Waals surface area contributed by atoms with Crippen molar-refractivity contribution in [2.75, 3.05) is 39.6 Å². The normalized spacial score (nSPS) is 20.1. The van der Waals surface area contributed by atoms with Crippen molar-refractivity contribution in [3.63, 3.8) is 0 Å². The van der Waals surface area contributed by atoms with E-state index in [4.69, 9.17) is 18.9 Å². The Balaban J connectivity index is 1.46. The highest BCUT2D eigenvalue weighted by Crippen LogP contribution is 2.33. The van der Waals surface area contributed by atoms with Crippen molar-refractivity contribution in [1.29, 1.82) is 0 Å². The highest BCUT2D eigenvalue weighted by Gasteiger charge is 2.37. The first-order chi connectivity index (χ1) is 13.1. The molecule has 2 heterocycles. The highest BCUT2D eigenvalue weighted by molar-refractivity contribution is 5.63. The fourth-order valence-electron chi connectivity index (χ4n) is 3.33. The summed E-state index contributed by atoms with van der Waals surface area (Å²) in [5.74, 6) is 0. The summed E-state index contributed by atoms with van der Waals surface area (Å²) in [5.41, 5.74) is 3.63. The largest absolute Gasteiger partial charge is 0.380 e. The molecule has 2 aliphatic heterocycles. The molecule has 0 aliphatic carbocycles. The van der Waals surface area contributed by atoms with Crippen LogP contribution in [0.25, 0.3) is 11.1 Å². The predicted octanol–water partition coefficient (Wildman–Crippen LogP) is 4.46. The molecular weight excluding hydrogens is 340 g/mol. The zero-order valence-corrected chi connectivity index (χ0v) is 16.1. The van der Waals surface area contributed by atoms with Gasteiger partial charge in [0, 0.05) is 16.4 Å². The Morgan fingerprint density at radius 3 is 1.67 bits per heavy atom. The van der Waals surface area contributed by atoms with Crippen molar-refractivity contribution in [3.05, 3.63) is 60.2 Å². The van der Waals surface area contributed by atoms with Crippen LogP contribution in [0.3, 0.4) is 0 Å². The van der Waals surface area contributed by atoms with Crippen molar-refractivity contribution in [1.82, 2.24) is 0 Å². The third-order valence-corrected chi connectivity index (χ3v) is 5.26. The third kappa shape index (κ3) is 4.41. The lowest BCUT2D eigenvalue weighted by Crippen LogP contribution is -2.45. The number of rotatable bonds is 8. The quantitative estimate of drug-likeness (QED) is 0.645. The van der Waals surface area contributed by atoms with Crippen LogP contribution in [0.15, 0.2) is 54.6 Å². The molecule has 27 heavy (non-hydrogen) atoms. The smallest absolute Gasteiger partial charge is 0.183 e. The van der Waals surface area contributed by atoms with E-state index in [-0.39, 0.29) is 17.1 Å². The first-order valence-electron chi connectivity index (χ1n) is 9.60. The molecule has 0 aromatic heterocycles. The molecule has 0 spiro atoms. The van der Waals surface area contributed by atoms with Gasteiger partial charge < -0.3 is 18.9 Å². The molecule has 0 N–H and O–H groups in total. The standard InChI is InChI=1S/C23H28O4/c1-22(12-24-13-22)16-26-21(27-17-23(2)14-25-15-23)20-10-8-19(9-11-20)18-6-4-3-5-7-18/h3-11,21H,12-17H2,1-2H3. The minimum atomic E-state index is -0.371. The maximum atomic E-state index is 6.20.